The van der Waals surface area contributed by atoms with E-state index in [1.54, 1.807) is 6.08 Å². The van der Waals surface area contributed by atoms with Crippen LogP contribution in [0.1, 0.15) is 17.9 Å². The number of carbonyl (C=O) groups is 1. The molecule has 0 bridgehead atoms. The summed E-state index contributed by atoms with van der Waals surface area (Å²) in [5, 5.41) is 41.7. The lowest BCUT2D eigenvalue weighted by molar-refractivity contribution is -0.991. The third kappa shape index (κ3) is 2.06. The summed E-state index contributed by atoms with van der Waals surface area (Å²) < 4.78 is 0. The monoisotopic (exact) mass is 312 g/mol. The van der Waals surface area contributed by atoms with Crippen molar-refractivity contribution in [3.8, 4) is 5.75 Å². The van der Waals surface area contributed by atoms with Crippen LogP contribution >= 0.6 is 11.6 Å². The Morgan fingerprint density at radius 2 is 2.24 bits per heavy atom. The molecule has 0 saturated heterocycles. The lowest BCUT2D eigenvalue weighted by Gasteiger charge is -2.36. The first kappa shape index (κ1) is 14.2. The summed E-state index contributed by atoms with van der Waals surface area (Å²) in [6.45, 7) is 0. The predicted molar refractivity (Wildman–Crippen MR) is 73.9 cm³/mol. The fraction of sp³-hybridized carbons (Fsp3) is 0.308. The quantitative estimate of drug-likeness (QED) is 0.240. The summed E-state index contributed by atoms with van der Waals surface area (Å²) in [6.07, 6.45) is 4.13. The average Bonchev–Trinajstić information content (AvgIpc) is 2.86. The van der Waals surface area contributed by atoms with Crippen molar-refractivity contribution >= 4 is 28.9 Å². The molecule has 0 spiro atoms. The number of quaternary nitrogens is 1. The van der Waals surface area contributed by atoms with Gasteiger partial charge in [-0.05, 0) is 6.42 Å². The van der Waals surface area contributed by atoms with E-state index in [2.05, 4.69) is 5.32 Å². The van der Waals surface area contributed by atoms with Crippen molar-refractivity contribution in [2.24, 2.45) is 5.92 Å². The van der Waals surface area contributed by atoms with Crippen LogP contribution in [-0.4, -0.2) is 27.4 Å². The summed E-state index contributed by atoms with van der Waals surface area (Å²) >= 11 is 5.94. The number of allylic oxidation sites excluding steroid dienone is 2. The van der Waals surface area contributed by atoms with Crippen molar-refractivity contribution in [1.29, 1.82) is 0 Å². The van der Waals surface area contributed by atoms with Crippen LogP contribution in [0, 0.1) is 11.1 Å². The Bertz CT molecular complexity index is 646. The van der Waals surface area contributed by atoms with Crippen molar-refractivity contribution in [3.63, 3.8) is 0 Å². The molecule has 3 rings (SSSR count). The number of nitrogens with one attached hydrogen (secondary N) is 2. The van der Waals surface area contributed by atoms with Gasteiger partial charge in [0.1, 0.15) is 16.8 Å². The maximum absolute atomic E-state index is 11.5. The minimum atomic E-state index is -1.20. The van der Waals surface area contributed by atoms with Crippen molar-refractivity contribution in [2.45, 2.75) is 18.4 Å². The van der Waals surface area contributed by atoms with Gasteiger partial charge in [0.05, 0.1) is 11.3 Å². The van der Waals surface area contributed by atoms with Crippen molar-refractivity contribution in [2.75, 3.05) is 5.32 Å². The van der Waals surface area contributed by atoms with E-state index in [9.17, 15) is 25.4 Å². The number of aromatic hydroxyl groups is 1. The van der Waals surface area contributed by atoms with E-state index in [0.29, 0.717) is 12.0 Å². The van der Waals surface area contributed by atoms with Crippen LogP contribution in [0.5, 0.6) is 5.75 Å². The zero-order valence-electron chi connectivity index (χ0n) is 10.7. The number of fused-ring (bicyclic) bond motifs is 3. The molecular weight excluding hydrogens is 300 g/mol. The average molecular weight is 313 g/mol. The number of aliphatic carboxylic acids is 1. The fourth-order valence-corrected chi connectivity index (χ4v) is 3.48. The molecule has 2 aliphatic rings. The lowest BCUT2D eigenvalue weighted by Crippen LogP contribution is -2.99. The molecule has 1 aliphatic heterocycles. The molecule has 0 saturated carbocycles. The van der Waals surface area contributed by atoms with Gasteiger partial charge in [0, 0.05) is 17.9 Å². The van der Waals surface area contributed by atoms with Crippen LogP contribution in [0.4, 0.5) is 11.4 Å². The molecular formula is C13H13ClN2O5. The minimum absolute atomic E-state index is 0.0617. The van der Waals surface area contributed by atoms with Crippen LogP contribution in [-0.2, 0) is 4.79 Å². The van der Waals surface area contributed by atoms with Crippen LogP contribution < -0.4 is 10.5 Å². The Balaban J connectivity index is 2.24. The smallest absolute Gasteiger partial charge is 0.326 e. The van der Waals surface area contributed by atoms with Crippen molar-refractivity contribution < 1.29 is 25.4 Å². The molecule has 5 N–H and O–H groups in total. The molecule has 0 aromatic heterocycles. The van der Waals surface area contributed by atoms with Gasteiger partial charge in [-0.1, -0.05) is 23.8 Å². The first-order valence-electron chi connectivity index (χ1n) is 6.36. The number of anilines is 1. The Kier molecular flexibility index (Phi) is 3.29. The van der Waals surface area contributed by atoms with E-state index >= 15 is 0 Å². The second-order valence-electron chi connectivity index (χ2n) is 5.16. The highest BCUT2D eigenvalue weighted by molar-refractivity contribution is 6.33. The maximum atomic E-state index is 11.5. The summed E-state index contributed by atoms with van der Waals surface area (Å²) in [6, 6.07) is 0.237. The number of benzene rings is 1. The Hall–Kier alpha value is -1.80. The van der Waals surface area contributed by atoms with Gasteiger partial charge in [-0.25, -0.2) is 10.0 Å². The van der Waals surface area contributed by atoms with E-state index < -0.39 is 23.2 Å². The lowest BCUT2D eigenvalue weighted by atomic mass is 9.78. The van der Waals surface area contributed by atoms with Crippen LogP contribution in [0.2, 0.25) is 5.02 Å². The van der Waals surface area contributed by atoms with E-state index in [1.807, 2.05) is 6.08 Å². The molecule has 1 aliphatic carbocycles. The van der Waals surface area contributed by atoms with Gasteiger partial charge in [0.15, 0.2) is 5.69 Å². The Morgan fingerprint density at radius 1 is 1.52 bits per heavy atom. The maximum Gasteiger partial charge on any atom is 0.326 e. The van der Waals surface area contributed by atoms with Gasteiger partial charge >= 0.3 is 5.97 Å². The number of carboxylic acids is 1. The second-order valence-corrected chi connectivity index (χ2v) is 5.57. The number of phenolic OH excluding ortho intramolecular Hbond substituents is 1. The van der Waals surface area contributed by atoms with Gasteiger partial charge in [0.25, 0.3) is 0 Å². The summed E-state index contributed by atoms with van der Waals surface area (Å²) in [5.41, 5.74) is 0.392. The Labute approximate surface area is 124 Å². The first-order chi connectivity index (χ1) is 9.91. The number of rotatable bonds is 2. The number of hydrogen-bond donors (Lipinski definition) is 5. The summed E-state index contributed by atoms with van der Waals surface area (Å²) in [7, 11) is 0. The van der Waals surface area contributed by atoms with Crippen LogP contribution in [0.15, 0.2) is 18.2 Å². The largest absolute Gasteiger partial charge is 0.595 e. The zero-order valence-corrected chi connectivity index (χ0v) is 11.5. The third-order valence-corrected chi connectivity index (χ3v) is 4.35. The molecule has 1 heterocycles. The molecule has 0 amide bonds. The topological polar surface area (TPSA) is 117 Å². The summed E-state index contributed by atoms with van der Waals surface area (Å²) in [4.78, 5) is 11.4. The van der Waals surface area contributed by atoms with Gasteiger partial charge in [0.2, 0.25) is 0 Å². The van der Waals surface area contributed by atoms with Crippen LogP contribution in [0.25, 0.3) is 0 Å². The predicted octanol–water partition coefficient (Wildman–Crippen LogP) is 0.987. The SMILES string of the molecule is O=C(O)[C@@H]1Nc2c(O)cc(Cl)c([NH+]([O-])O)c2[C@@H]2C=CC[C@@H]12. The van der Waals surface area contributed by atoms with E-state index in [4.69, 9.17) is 11.6 Å². The molecule has 0 radical (unpaired) electrons. The number of hydrogen-bond acceptors (Lipinski definition) is 5. The highest BCUT2D eigenvalue weighted by Gasteiger charge is 2.44. The van der Waals surface area contributed by atoms with E-state index in [-0.39, 0.29) is 28.1 Å². The molecule has 4 atom stereocenters. The minimum Gasteiger partial charge on any atom is -0.595 e. The number of phenols is 1. The van der Waals surface area contributed by atoms with Gasteiger partial charge in [-0.15, -0.1) is 0 Å². The van der Waals surface area contributed by atoms with Crippen molar-refractivity contribution in [3.05, 3.63) is 34.0 Å². The van der Waals surface area contributed by atoms with Crippen LogP contribution in [0.3, 0.4) is 0 Å². The molecule has 8 heteroatoms. The molecule has 112 valence electrons. The van der Waals surface area contributed by atoms with Crippen molar-refractivity contribution in [1.82, 2.24) is 0 Å². The molecule has 1 aromatic carbocycles. The molecule has 1 aromatic rings. The summed E-state index contributed by atoms with van der Waals surface area (Å²) in [5.74, 6) is -1.97. The van der Waals surface area contributed by atoms with E-state index in [0.717, 1.165) is 6.07 Å². The fourth-order valence-electron chi connectivity index (χ4n) is 3.19. The standard InChI is InChI=1S/C13H13ClN2O5/c14-7-4-8(17)11-9(12(7)16(20)21)5-2-1-3-6(5)10(15-11)13(18)19/h1-2,4-6,10,15-17,20H,3H2,(H,18,19)/t5-,6-,10-/m1/s1. The highest BCUT2D eigenvalue weighted by Crippen LogP contribution is 2.51. The molecule has 7 nitrogen and oxygen atoms in total. The number of carboxylic acid groups (broad SMARTS) is 1. The first-order valence-corrected chi connectivity index (χ1v) is 6.74. The van der Waals surface area contributed by atoms with Gasteiger partial charge in [-0.3, -0.25) is 0 Å². The molecule has 1 unspecified atom stereocenters. The third-order valence-electron chi connectivity index (χ3n) is 4.05. The highest BCUT2D eigenvalue weighted by atomic mass is 35.5. The number of halogens is 1. The van der Waals surface area contributed by atoms with Gasteiger partial charge < -0.3 is 20.7 Å². The Morgan fingerprint density at radius 3 is 2.86 bits per heavy atom. The molecule has 0 fully saturated rings. The van der Waals surface area contributed by atoms with Gasteiger partial charge in [-0.2, -0.15) is 5.23 Å². The molecule has 21 heavy (non-hydrogen) atoms. The zero-order chi connectivity index (χ0) is 15.3. The second kappa shape index (κ2) is 4.88. The normalized spacial score (nSPS) is 27.7. The van der Waals surface area contributed by atoms with E-state index in [1.165, 1.54) is 0 Å².